The summed E-state index contributed by atoms with van der Waals surface area (Å²) in [5.74, 6) is 0.555. The maximum absolute atomic E-state index is 13.2. The Hall–Kier alpha value is -3.23. The van der Waals surface area contributed by atoms with Crippen molar-refractivity contribution in [1.29, 1.82) is 0 Å². The molecule has 178 valence electrons. The molecule has 1 aliphatic rings. The summed E-state index contributed by atoms with van der Waals surface area (Å²) < 4.78 is 38.7. The van der Waals surface area contributed by atoms with E-state index in [1.807, 2.05) is 49.4 Å². The second-order valence-electron chi connectivity index (χ2n) is 7.87. The number of benzene rings is 3. The van der Waals surface area contributed by atoms with Gasteiger partial charge in [-0.1, -0.05) is 48.0 Å². The normalized spacial score (nSPS) is 13.8. The van der Waals surface area contributed by atoms with Gasteiger partial charge in [0, 0.05) is 12.1 Å². The van der Waals surface area contributed by atoms with Crippen LogP contribution in [0.1, 0.15) is 24.1 Å². The standard InChI is InChI=1S/C25H25ClN2O5S/c1-17(20-8-4-6-10-23(20)32-2)27-25(29)16-33-24-12-11-19(15-21(24)26)34(30,31)28-14-13-18-7-3-5-9-22(18)28/h3-12,15,17H,13-14,16H2,1-2H3,(H,27,29). The predicted molar refractivity (Wildman–Crippen MR) is 131 cm³/mol. The number of para-hydroxylation sites is 2. The number of hydrogen-bond donors (Lipinski definition) is 1. The van der Waals surface area contributed by atoms with Gasteiger partial charge in [0.2, 0.25) is 0 Å². The molecule has 0 spiro atoms. The minimum atomic E-state index is -3.77. The Morgan fingerprint density at radius 1 is 1.09 bits per heavy atom. The molecule has 34 heavy (non-hydrogen) atoms. The minimum Gasteiger partial charge on any atom is -0.496 e. The number of nitrogens with zero attached hydrogens (tertiary/aromatic N) is 1. The Kier molecular flexibility index (Phi) is 7.00. The number of halogens is 1. The molecule has 3 aromatic rings. The molecule has 1 N–H and O–H groups in total. The first-order valence-corrected chi connectivity index (χ1v) is 12.6. The lowest BCUT2D eigenvalue weighted by molar-refractivity contribution is -0.123. The summed E-state index contributed by atoms with van der Waals surface area (Å²) in [6.07, 6.45) is 0.659. The van der Waals surface area contributed by atoms with Crippen molar-refractivity contribution in [2.45, 2.75) is 24.3 Å². The number of ether oxygens (including phenoxy) is 2. The Balaban J connectivity index is 1.41. The van der Waals surface area contributed by atoms with Gasteiger partial charge < -0.3 is 14.8 Å². The van der Waals surface area contributed by atoms with E-state index in [-0.39, 0.29) is 34.2 Å². The van der Waals surface area contributed by atoms with Crippen molar-refractivity contribution >= 4 is 33.2 Å². The van der Waals surface area contributed by atoms with Crippen molar-refractivity contribution in [2.24, 2.45) is 0 Å². The van der Waals surface area contributed by atoms with E-state index >= 15 is 0 Å². The number of anilines is 1. The number of rotatable bonds is 8. The summed E-state index contributed by atoms with van der Waals surface area (Å²) in [7, 11) is -2.20. The van der Waals surface area contributed by atoms with E-state index in [1.165, 1.54) is 22.5 Å². The monoisotopic (exact) mass is 500 g/mol. The van der Waals surface area contributed by atoms with Gasteiger partial charge >= 0.3 is 0 Å². The molecule has 3 aromatic carbocycles. The second kappa shape index (κ2) is 9.95. The fourth-order valence-corrected chi connectivity index (χ4v) is 5.80. The highest BCUT2D eigenvalue weighted by molar-refractivity contribution is 7.92. The highest BCUT2D eigenvalue weighted by atomic mass is 35.5. The fourth-order valence-electron chi connectivity index (χ4n) is 3.97. The highest BCUT2D eigenvalue weighted by Gasteiger charge is 2.31. The summed E-state index contributed by atoms with van der Waals surface area (Å²) in [6, 6.07) is 18.8. The molecular formula is C25H25ClN2O5S. The quantitative estimate of drug-likeness (QED) is 0.497. The van der Waals surface area contributed by atoms with Crippen molar-refractivity contribution in [1.82, 2.24) is 5.32 Å². The van der Waals surface area contributed by atoms with Gasteiger partial charge in [-0.05, 0) is 49.2 Å². The van der Waals surface area contributed by atoms with E-state index in [9.17, 15) is 13.2 Å². The van der Waals surface area contributed by atoms with Gasteiger partial charge in [0.15, 0.2) is 6.61 Å². The Bertz CT molecular complexity index is 1310. The van der Waals surface area contributed by atoms with Crippen molar-refractivity contribution in [2.75, 3.05) is 24.6 Å². The molecule has 1 unspecified atom stereocenters. The van der Waals surface area contributed by atoms with Gasteiger partial charge in [-0.3, -0.25) is 9.10 Å². The third-order valence-electron chi connectivity index (χ3n) is 5.68. The van der Waals surface area contributed by atoms with Crippen molar-refractivity contribution in [3.63, 3.8) is 0 Å². The molecule has 9 heteroatoms. The van der Waals surface area contributed by atoms with Crippen LogP contribution in [0.2, 0.25) is 5.02 Å². The van der Waals surface area contributed by atoms with Gasteiger partial charge in [-0.15, -0.1) is 0 Å². The zero-order valence-electron chi connectivity index (χ0n) is 18.8. The summed E-state index contributed by atoms with van der Waals surface area (Å²) in [6.45, 7) is 1.95. The van der Waals surface area contributed by atoms with Crippen molar-refractivity contribution < 1.29 is 22.7 Å². The number of nitrogens with one attached hydrogen (secondary N) is 1. The Labute approximate surface area is 204 Å². The Morgan fingerprint density at radius 2 is 1.82 bits per heavy atom. The molecule has 0 bridgehead atoms. The molecule has 1 heterocycles. The van der Waals surface area contributed by atoms with Crippen LogP contribution in [0.15, 0.2) is 71.6 Å². The molecule has 1 atom stereocenters. The maximum atomic E-state index is 13.2. The van der Waals surface area contributed by atoms with Crippen LogP contribution in [0.5, 0.6) is 11.5 Å². The molecule has 1 aliphatic heterocycles. The average molecular weight is 501 g/mol. The van der Waals surface area contributed by atoms with E-state index in [1.54, 1.807) is 13.2 Å². The molecule has 0 aromatic heterocycles. The predicted octanol–water partition coefficient (Wildman–Crippen LogP) is 4.36. The van der Waals surface area contributed by atoms with E-state index < -0.39 is 10.0 Å². The molecule has 1 amide bonds. The number of methoxy groups -OCH3 is 1. The lowest BCUT2D eigenvalue weighted by Crippen LogP contribution is -2.31. The molecule has 0 saturated heterocycles. The van der Waals surface area contributed by atoms with Crippen LogP contribution in [-0.4, -0.2) is 34.6 Å². The summed E-state index contributed by atoms with van der Waals surface area (Å²) >= 11 is 6.31. The van der Waals surface area contributed by atoms with Crippen LogP contribution in [0.3, 0.4) is 0 Å². The van der Waals surface area contributed by atoms with E-state index in [4.69, 9.17) is 21.1 Å². The largest absolute Gasteiger partial charge is 0.496 e. The van der Waals surface area contributed by atoms with E-state index in [0.29, 0.717) is 24.4 Å². The zero-order chi connectivity index (χ0) is 24.3. The van der Waals surface area contributed by atoms with Gasteiger partial charge in [0.1, 0.15) is 11.5 Å². The molecule has 0 aliphatic carbocycles. The first kappa shape index (κ1) is 23.9. The molecule has 4 rings (SSSR count). The molecule has 7 nitrogen and oxygen atoms in total. The number of amides is 1. The zero-order valence-corrected chi connectivity index (χ0v) is 20.4. The highest BCUT2D eigenvalue weighted by Crippen LogP contribution is 2.35. The molecule has 0 fully saturated rings. The van der Waals surface area contributed by atoms with Crippen LogP contribution in [0, 0.1) is 0 Å². The SMILES string of the molecule is COc1ccccc1C(C)NC(=O)COc1ccc(S(=O)(=O)N2CCc3ccccc32)cc1Cl. The molecule has 0 radical (unpaired) electrons. The lowest BCUT2D eigenvalue weighted by Gasteiger charge is -2.20. The third-order valence-corrected chi connectivity index (χ3v) is 7.78. The minimum absolute atomic E-state index is 0.0656. The van der Waals surface area contributed by atoms with Crippen LogP contribution in [0.25, 0.3) is 0 Å². The van der Waals surface area contributed by atoms with Crippen LogP contribution in [-0.2, 0) is 21.2 Å². The smallest absolute Gasteiger partial charge is 0.264 e. The van der Waals surface area contributed by atoms with Gasteiger partial charge in [0.25, 0.3) is 15.9 Å². The lowest BCUT2D eigenvalue weighted by atomic mass is 10.1. The number of carbonyl (C=O) groups is 1. The van der Waals surface area contributed by atoms with E-state index in [2.05, 4.69) is 5.32 Å². The summed E-state index contributed by atoms with van der Waals surface area (Å²) in [5.41, 5.74) is 2.51. The Morgan fingerprint density at radius 3 is 2.59 bits per heavy atom. The van der Waals surface area contributed by atoms with Crippen LogP contribution >= 0.6 is 11.6 Å². The van der Waals surface area contributed by atoms with E-state index in [0.717, 1.165) is 11.1 Å². The van der Waals surface area contributed by atoms with Gasteiger partial charge in [0.05, 0.1) is 28.8 Å². The average Bonchev–Trinajstić information content (AvgIpc) is 3.28. The molecular weight excluding hydrogens is 476 g/mol. The second-order valence-corrected chi connectivity index (χ2v) is 10.1. The van der Waals surface area contributed by atoms with Crippen molar-refractivity contribution in [3.05, 3.63) is 82.9 Å². The maximum Gasteiger partial charge on any atom is 0.264 e. The third kappa shape index (κ3) is 4.83. The molecule has 0 saturated carbocycles. The van der Waals surface area contributed by atoms with Crippen LogP contribution in [0.4, 0.5) is 5.69 Å². The van der Waals surface area contributed by atoms with Crippen LogP contribution < -0.4 is 19.1 Å². The first-order chi connectivity index (χ1) is 16.3. The number of sulfonamides is 1. The summed E-state index contributed by atoms with van der Waals surface area (Å²) in [4.78, 5) is 12.5. The van der Waals surface area contributed by atoms with Gasteiger partial charge in [-0.2, -0.15) is 0 Å². The van der Waals surface area contributed by atoms with Crippen molar-refractivity contribution in [3.8, 4) is 11.5 Å². The van der Waals surface area contributed by atoms with Gasteiger partial charge in [-0.25, -0.2) is 8.42 Å². The first-order valence-electron chi connectivity index (χ1n) is 10.8. The fraction of sp³-hybridized carbons (Fsp3) is 0.240. The number of fused-ring (bicyclic) bond motifs is 1. The number of carbonyl (C=O) groups excluding carboxylic acids is 1. The topological polar surface area (TPSA) is 84.9 Å². The summed E-state index contributed by atoms with van der Waals surface area (Å²) in [5, 5.41) is 2.96. The number of hydrogen-bond acceptors (Lipinski definition) is 5.